The summed E-state index contributed by atoms with van der Waals surface area (Å²) in [5.74, 6) is 2.09. The molecule has 0 radical (unpaired) electrons. The monoisotopic (exact) mass is 356 g/mol. The summed E-state index contributed by atoms with van der Waals surface area (Å²) in [5, 5.41) is 20.5. The van der Waals surface area contributed by atoms with Gasteiger partial charge in [-0.2, -0.15) is 14.9 Å². The number of phenolic OH excluding ortho intramolecular Hbond substituents is 1. The van der Waals surface area contributed by atoms with E-state index in [1.165, 1.54) is 4.68 Å². The van der Waals surface area contributed by atoms with E-state index in [9.17, 15) is 5.11 Å². The minimum atomic E-state index is 0.188. The number of hydrogen-bond acceptors (Lipinski definition) is 6. The van der Waals surface area contributed by atoms with Crippen LogP contribution < -0.4 is 9.47 Å². The second kappa shape index (κ2) is 7.63. The fourth-order valence-corrected chi connectivity index (χ4v) is 2.26. The molecule has 0 atom stereocenters. The number of phenols is 1. The Morgan fingerprint density at radius 2 is 2.00 bits per heavy atom. The Labute approximate surface area is 149 Å². The van der Waals surface area contributed by atoms with Crippen molar-refractivity contribution >= 4 is 18.4 Å². The Morgan fingerprint density at radius 1 is 1.24 bits per heavy atom. The number of H-pyrrole nitrogens is 1. The van der Waals surface area contributed by atoms with Crippen molar-refractivity contribution in [2.75, 3.05) is 7.11 Å². The fraction of sp³-hybridized carbons (Fsp3) is 0.118. The number of benzene rings is 2. The van der Waals surface area contributed by atoms with Crippen molar-refractivity contribution in [2.24, 2.45) is 5.10 Å². The van der Waals surface area contributed by atoms with Crippen LogP contribution in [0.1, 0.15) is 11.4 Å². The highest BCUT2D eigenvalue weighted by Gasteiger charge is 2.06. The highest BCUT2D eigenvalue weighted by atomic mass is 32.1. The first-order valence-electron chi connectivity index (χ1n) is 7.42. The lowest BCUT2D eigenvalue weighted by Crippen LogP contribution is -2.04. The highest BCUT2D eigenvalue weighted by Crippen LogP contribution is 2.19. The van der Waals surface area contributed by atoms with Gasteiger partial charge in [0.2, 0.25) is 4.77 Å². The van der Waals surface area contributed by atoms with Crippen LogP contribution in [0.15, 0.2) is 53.6 Å². The standard InChI is InChI=1S/C17H16N4O3S/c1-23-14-3-2-4-15(9-14)24-11-16-19-20-17(25)21(16)18-10-12-5-7-13(22)8-6-12/h2-10,22H,11H2,1H3,(H,20,25)/b18-10+. The Morgan fingerprint density at radius 3 is 2.76 bits per heavy atom. The number of methoxy groups -OCH3 is 1. The van der Waals surface area contributed by atoms with Gasteiger partial charge in [-0.25, -0.2) is 5.10 Å². The molecular formula is C17H16N4O3S. The fourth-order valence-electron chi connectivity index (χ4n) is 2.06. The molecule has 0 aliphatic heterocycles. The summed E-state index contributed by atoms with van der Waals surface area (Å²) in [6.45, 7) is 0.188. The molecule has 0 saturated carbocycles. The molecule has 0 bridgehead atoms. The van der Waals surface area contributed by atoms with Gasteiger partial charge in [-0.05, 0) is 54.2 Å². The van der Waals surface area contributed by atoms with Crippen molar-refractivity contribution in [3.05, 3.63) is 64.7 Å². The van der Waals surface area contributed by atoms with Gasteiger partial charge in [0.05, 0.1) is 13.3 Å². The quantitative estimate of drug-likeness (QED) is 0.524. The second-order valence-corrected chi connectivity index (χ2v) is 5.45. The lowest BCUT2D eigenvalue weighted by molar-refractivity contribution is 0.288. The minimum absolute atomic E-state index is 0.188. The van der Waals surface area contributed by atoms with Gasteiger partial charge in [-0.3, -0.25) is 0 Å². The molecule has 1 aromatic heterocycles. The smallest absolute Gasteiger partial charge is 0.216 e. The average Bonchev–Trinajstić information content (AvgIpc) is 2.99. The summed E-state index contributed by atoms with van der Waals surface area (Å²) in [7, 11) is 1.60. The largest absolute Gasteiger partial charge is 0.508 e. The average molecular weight is 356 g/mol. The van der Waals surface area contributed by atoms with Crippen LogP contribution in [0.2, 0.25) is 0 Å². The van der Waals surface area contributed by atoms with Gasteiger partial charge in [0.25, 0.3) is 0 Å². The van der Waals surface area contributed by atoms with Gasteiger partial charge in [0, 0.05) is 6.07 Å². The van der Waals surface area contributed by atoms with Crippen LogP contribution in [0.25, 0.3) is 0 Å². The lowest BCUT2D eigenvalue weighted by Gasteiger charge is -2.07. The zero-order chi connectivity index (χ0) is 17.6. The second-order valence-electron chi connectivity index (χ2n) is 5.06. The van der Waals surface area contributed by atoms with Gasteiger partial charge in [-0.15, -0.1) is 0 Å². The Balaban J connectivity index is 1.75. The number of hydrogen-bond donors (Lipinski definition) is 2. The topological polar surface area (TPSA) is 84.7 Å². The first-order chi connectivity index (χ1) is 12.2. The molecule has 2 aromatic carbocycles. The van der Waals surface area contributed by atoms with Crippen LogP contribution in [-0.4, -0.2) is 33.3 Å². The van der Waals surface area contributed by atoms with E-state index in [1.54, 1.807) is 43.7 Å². The first-order valence-corrected chi connectivity index (χ1v) is 7.83. The molecular weight excluding hydrogens is 340 g/mol. The van der Waals surface area contributed by atoms with E-state index in [4.69, 9.17) is 21.7 Å². The number of aromatic hydroxyl groups is 1. The molecule has 0 saturated heterocycles. The van der Waals surface area contributed by atoms with Crippen molar-refractivity contribution in [1.82, 2.24) is 14.9 Å². The number of aromatic amines is 1. The maximum atomic E-state index is 9.31. The maximum Gasteiger partial charge on any atom is 0.216 e. The molecule has 3 rings (SSSR count). The zero-order valence-corrected chi connectivity index (χ0v) is 14.2. The van der Waals surface area contributed by atoms with Gasteiger partial charge < -0.3 is 14.6 Å². The predicted octanol–water partition coefficient (Wildman–Crippen LogP) is 3.12. The molecule has 0 amide bonds. The number of ether oxygens (including phenoxy) is 2. The van der Waals surface area contributed by atoms with E-state index in [0.29, 0.717) is 22.1 Å². The first kappa shape index (κ1) is 16.7. The Bertz CT molecular complexity index is 932. The van der Waals surface area contributed by atoms with Gasteiger partial charge >= 0.3 is 0 Å². The van der Waals surface area contributed by atoms with Gasteiger partial charge in [0.15, 0.2) is 5.82 Å². The normalized spacial score (nSPS) is 10.9. The van der Waals surface area contributed by atoms with Crippen LogP contribution in [-0.2, 0) is 6.61 Å². The van der Waals surface area contributed by atoms with Crippen molar-refractivity contribution in [3.8, 4) is 17.2 Å². The van der Waals surface area contributed by atoms with Crippen molar-refractivity contribution in [1.29, 1.82) is 0 Å². The molecule has 0 spiro atoms. The number of nitrogens with one attached hydrogen (secondary N) is 1. The van der Waals surface area contributed by atoms with Crippen molar-refractivity contribution in [3.63, 3.8) is 0 Å². The predicted molar refractivity (Wildman–Crippen MR) is 95.8 cm³/mol. The van der Waals surface area contributed by atoms with E-state index in [-0.39, 0.29) is 12.4 Å². The Kier molecular flexibility index (Phi) is 5.10. The molecule has 2 N–H and O–H groups in total. The number of aromatic nitrogens is 3. The summed E-state index contributed by atoms with van der Waals surface area (Å²) in [6, 6.07) is 14.0. The van der Waals surface area contributed by atoms with Crippen LogP contribution in [0.3, 0.4) is 0 Å². The van der Waals surface area contributed by atoms with E-state index >= 15 is 0 Å². The third kappa shape index (κ3) is 4.24. The molecule has 1 heterocycles. The molecule has 128 valence electrons. The molecule has 7 nitrogen and oxygen atoms in total. The summed E-state index contributed by atoms with van der Waals surface area (Å²) in [4.78, 5) is 0. The molecule has 8 heteroatoms. The summed E-state index contributed by atoms with van der Waals surface area (Å²) in [5.41, 5.74) is 0.820. The molecule has 0 fully saturated rings. The molecule has 3 aromatic rings. The number of rotatable bonds is 6. The van der Waals surface area contributed by atoms with Crippen molar-refractivity contribution in [2.45, 2.75) is 6.61 Å². The summed E-state index contributed by atoms with van der Waals surface area (Å²) >= 11 is 5.20. The van der Waals surface area contributed by atoms with E-state index in [2.05, 4.69) is 15.3 Å². The molecule has 0 aliphatic rings. The van der Waals surface area contributed by atoms with Crippen LogP contribution in [0, 0.1) is 4.77 Å². The third-order valence-corrected chi connectivity index (χ3v) is 3.61. The zero-order valence-electron chi connectivity index (χ0n) is 13.4. The van der Waals surface area contributed by atoms with Gasteiger partial charge in [-0.1, -0.05) is 6.07 Å². The third-order valence-electron chi connectivity index (χ3n) is 3.34. The SMILES string of the molecule is COc1cccc(OCc2n[nH]c(=S)n2/N=C/c2ccc(O)cc2)c1. The van der Waals surface area contributed by atoms with Gasteiger partial charge in [0.1, 0.15) is 23.9 Å². The van der Waals surface area contributed by atoms with Crippen LogP contribution in [0.5, 0.6) is 17.2 Å². The van der Waals surface area contributed by atoms with Crippen LogP contribution >= 0.6 is 12.2 Å². The maximum absolute atomic E-state index is 9.31. The summed E-state index contributed by atoms with van der Waals surface area (Å²) in [6.07, 6.45) is 1.62. The Hall–Kier alpha value is -3.13. The molecule has 25 heavy (non-hydrogen) atoms. The van der Waals surface area contributed by atoms with Crippen LogP contribution in [0.4, 0.5) is 0 Å². The van der Waals surface area contributed by atoms with Crippen molar-refractivity contribution < 1.29 is 14.6 Å². The molecule has 0 unspecified atom stereocenters. The lowest BCUT2D eigenvalue weighted by atomic mass is 10.2. The molecule has 0 aliphatic carbocycles. The van der Waals surface area contributed by atoms with E-state index in [0.717, 1.165) is 5.56 Å². The van der Waals surface area contributed by atoms with E-state index in [1.807, 2.05) is 18.2 Å². The number of nitrogens with zero attached hydrogens (tertiary/aromatic N) is 3. The minimum Gasteiger partial charge on any atom is -0.508 e. The highest BCUT2D eigenvalue weighted by molar-refractivity contribution is 7.71. The summed E-state index contributed by atoms with van der Waals surface area (Å²) < 4.78 is 12.7. The van der Waals surface area contributed by atoms with E-state index < -0.39 is 0 Å².